The molecular weight excluding hydrogens is 470 g/mol. The number of aryl methyl sites for hydroxylation is 1. The number of anilines is 1. The number of aromatic nitrogens is 2. The minimum Gasteiger partial charge on any atom is -0.369 e. The number of hydrogen-bond donors (Lipinski definition) is 3. The summed E-state index contributed by atoms with van der Waals surface area (Å²) < 4.78 is 40.0. The maximum absolute atomic E-state index is 14.3. The Bertz CT molecular complexity index is 1190. The predicted octanol–water partition coefficient (Wildman–Crippen LogP) is 3.57. The van der Waals surface area contributed by atoms with Crippen LogP contribution in [0.25, 0.3) is 0 Å². The van der Waals surface area contributed by atoms with Gasteiger partial charge in [-0.15, -0.1) is 0 Å². The fourth-order valence-electron chi connectivity index (χ4n) is 6.35. The zero-order chi connectivity index (χ0) is 25.1. The van der Waals surface area contributed by atoms with Crippen LogP contribution in [0.15, 0.2) is 18.2 Å². The number of rotatable bonds is 7. The van der Waals surface area contributed by atoms with Gasteiger partial charge < -0.3 is 25.2 Å². The summed E-state index contributed by atoms with van der Waals surface area (Å²) in [5, 5.41) is 17.3. The highest BCUT2D eigenvalue weighted by Gasteiger charge is 2.51. The Kier molecular flexibility index (Phi) is 5.73. The summed E-state index contributed by atoms with van der Waals surface area (Å²) in [5.41, 5.74) is 1.58. The SMILES string of the molecule is Cc1nc(CC(=O)NC23CCC(C2)C3)c(C2OCCO2)c(NC(O)c2cccc3c2CCC3(F)F)n1. The molecule has 1 unspecified atom stereocenters. The third kappa shape index (κ3) is 4.14. The van der Waals surface area contributed by atoms with Gasteiger partial charge in [-0.1, -0.05) is 18.2 Å². The van der Waals surface area contributed by atoms with Crippen LogP contribution in [0, 0.1) is 12.8 Å². The number of amides is 1. The number of carbonyl (C=O) groups excluding carboxylic acids is 1. The highest BCUT2D eigenvalue weighted by Crippen LogP contribution is 2.52. The van der Waals surface area contributed by atoms with E-state index in [1.165, 1.54) is 12.1 Å². The number of halogens is 2. The van der Waals surface area contributed by atoms with E-state index in [9.17, 15) is 18.7 Å². The molecule has 2 aromatic rings. The molecule has 1 aliphatic heterocycles. The monoisotopic (exact) mass is 500 g/mol. The molecule has 3 saturated carbocycles. The Labute approximate surface area is 207 Å². The molecular formula is C26H30F2N4O4. The number of aliphatic hydroxyl groups excluding tert-OH is 1. The molecule has 2 bridgehead atoms. The van der Waals surface area contributed by atoms with Crippen molar-refractivity contribution in [3.8, 4) is 0 Å². The number of hydrogen-bond acceptors (Lipinski definition) is 7. The highest BCUT2D eigenvalue weighted by molar-refractivity contribution is 5.80. The normalized spacial score (nSPS) is 26.9. The quantitative estimate of drug-likeness (QED) is 0.499. The molecule has 10 heteroatoms. The highest BCUT2D eigenvalue weighted by atomic mass is 19.3. The Balaban J connectivity index is 1.30. The van der Waals surface area contributed by atoms with Gasteiger partial charge in [0.05, 0.1) is 30.9 Å². The van der Waals surface area contributed by atoms with E-state index in [-0.39, 0.29) is 42.1 Å². The number of benzene rings is 1. The second-order valence-electron chi connectivity index (χ2n) is 10.5. The van der Waals surface area contributed by atoms with Gasteiger partial charge >= 0.3 is 0 Å². The van der Waals surface area contributed by atoms with Crippen LogP contribution in [-0.4, -0.2) is 39.7 Å². The van der Waals surface area contributed by atoms with E-state index < -0.39 is 18.4 Å². The number of alkyl halides is 2. The van der Waals surface area contributed by atoms with Crippen molar-refractivity contribution in [1.82, 2.24) is 15.3 Å². The van der Waals surface area contributed by atoms with Crippen molar-refractivity contribution in [3.05, 3.63) is 52.0 Å². The summed E-state index contributed by atoms with van der Waals surface area (Å²) in [6.45, 7) is 2.45. The molecule has 5 aliphatic rings. The smallest absolute Gasteiger partial charge is 0.273 e. The average molecular weight is 501 g/mol. The lowest BCUT2D eigenvalue weighted by Crippen LogP contribution is -2.52. The number of nitrogens with zero attached hydrogens (tertiary/aromatic N) is 2. The van der Waals surface area contributed by atoms with Crippen LogP contribution in [0.1, 0.15) is 78.4 Å². The number of nitrogens with one attached hydrogen (secondary N) is 2. The van der Waals surface area contributed by atoms with Crippen LogP contribution >= 0.6 is 0 Å². The standard InChI is InChI=1S/C26H30F2N4O4/c1-14-29-19(11-20(33)32-25-7-5-15(12-25)13-25)21(24-35-9-10-36-24)22(30-14)31-23(34)17-3-2-4-18-16(17)6-8-26(18,27)28/h2-4,15,23-24,34H,5-13H2,1H3,(H,32,33)(H,29,30,31). The van der Waals surface area contributed by atoms with E-state index in [1.54, 1.807) is 13.0 Å². The fourth-order valence-corrected chi connectivity index (χ4v) is 6.35. The Morgan fingerprint density at radius 2 is 2.00 bits per heavy atom. The van der Waals surface area contributed by atoms with Crippen LogP contribution < -0.4 is 10.6 Å². The minimum absolute atomic E-state index is 0.0199. The van der Waals surface area contributed by atoms with Gasteiger partial charge in [0.25, 0.3) is 5.92 Å². The molecule has 1 saturated heterocycles. The molecule has 1 aromatic carbocycles. The van der Waals surface area contributed by atoms with E-state index in [0.717, 1.165) is 31.6 Å². The third-order valence-electron chi connectivity index (χ3n) is 7.98. The van der Waals surface area contributed by atoms with Gasteiger partial charge in [-0.2, -0.15) is 0 Å². The van der Waals surface area contributed by atoms with Crippen molar-refractivity contribution < 1.29 is 28.2 Å². The summed E-state index contributed by atoms with van der Waals surface area (Å²) >= 11 is 0. The van der Waals surface area contributed by atoms with Crippen molar-refractivity contribution in [2.45, 2.75) is 75.8 Å². The van der Waals surface area contributed by atoms with Crippen molar-refractivity contribution in [2.75, 3.05) is 18.5 Å². The van der Waals surface area contributed by atoms with E-state index in [1.807, 2.05) is 0 Å². The lowest BCUT2D eigenvalue weighted by molar-refractivity contribution is -0.123. The largest absolute Gasteiger partial charge is 0.369 e. The molecule has 1 aromatic heterocycles. The predicted molar refractivity (Wildman–Crippen MR) is 125 cm³/mol. The van der Waals surface area contributed by atoms with Crippen molar-refractivity contribution in [1.29, 1.82) is 0 Å². The first-order chi connectivity index (χ1) is 17.2. The van der Waals surface area contributed by atoms with Crippen LogP contribution in [0.3, 0.4) is 0 Å². The van der Waals surface area contributed by atoms with E-state index in [0.29, 0.717) is 41.4 Å². The first-order valence-corrected chi connectivity index (χ1v) is 12.6. The molecule has 0 spiro atoms. The molecule has 192 valence electrons. The fraction of sp³-hybridized carbons (Fsp3) is 0.577. The number of ether oxygens (including phenoxy) is 2. The van der Waals surface area contributed by atoms with E-state index in [4.69, 9.17) is 9.47 Å². The van der Waals surface area contributed by atoms with Gasteiger partial charge in [0, 0.05) is 23.1 Å². The van der Waals surface area contributed by atoms with Crippen LogP contribution in [0.4, 0.5) is 14.6 Å². The Morgan fingerprint density at radius 3 is 2.72 bits per heavy atom. The van der Waals surface area contributed by atoms with Gasteiger partial charge in [0.1, 0.15) is 11.6 Å². The topological polar surface area (TPSA) is 106 Å². The van der Waals surface area contributed by atoms with Crippen LogP contribution in [-0.2, 0) is 33.0 Å². The van der Waals surface area contributed by atoms with E-state index >= 15 is 0 Å². The molecule has 4 fully saturated rings. The second kappa shape index (κ2) is 8.71. The first kappa shape index (κ1) is 23.7. The van der Waals surface area contributed by atoms with Crippen molar-refractivity contribution >= 4 is 11.7 Å². The summed E-state index contributed by atoms with van der Waals surface area (Å²) in [6.07, 6.45) is 2.04. The van der Waals surface area contributed by atoms with Crippen LogP contribution in [0.2, 0.25) is 0 Å². The average Bonchev–Trinajstić information content (AvgIpc) is 3.58. The zero-order valence-electron chi connectivity index (χ0n) is 20.2. The molecule has 36 heavy (non-hydrogen) atoms. The van der Waals surface area contributed by atoms with Crippen LogP contribution in [0.5, 0.6) is 0 Å². The number of fused-ring (bicyclic) bond motifs is 2. The first-order valence-electron chi connectivity index (χ1n) is 12.6. The summed E-state index contributed by atoms with van der Waals surface area (Å²) in [4.78, 5) is 22.0. The molecule has 2 heterocycles. The van der Waals surface area contributed by atoms with Crippen molar-refractivity contribution in [3.63, 3.8) is 0 Å². The number of aliphatic hydroxyl groups is 1. The van der Waals surface area contributed by atoms with Crippen molar-refractivity contribution in [2.24, 2.45) is 5.92 Å². The van der Waals surface area contributed by atoms with Gasteiger partial charge in [0.2, 0.25) is 5.91 Å². The van der Waals surface area contributed by atoms with Gasteiger partial charge in [-0.05, 0) is 50.5 Å². The Morgan fingerprint density at radius 1 is 1.22 bits per heavy atom. The molecule has 1 amide bonds. The lowest BCUT2D eigenvalue weighted by atomic mass is 9.77. The molecule has 0 radical (unpaired) electrons. The Hall–Kier alpha value is -2.69. The lowest BCUT2D eigenvalue weighted by Gasteiger charge is -2.39. The summed E-state index contributed by atoms with van der Waals surface area (Å²) in [6, 6.07) is 4.57. The summed E-state index contributed by atoms with van der Waals surface area (Å²) in [7, 11) is 0. The molecule has 3 N–H and O–H groups in total. The maximum atomic E-state index is 14.3. The summed E-state index contributed by atoms with van der Waals surface area (Å²) in [5.74, 6) is -1.65. The minimum atomic E-state index is -2.91. The second-order valence-corrected chi connectivity index (χ2v) is 10.5. The maximum Gasteiger partial charge on any atom is 0.273 e. The van der Waals surface area contributed by atoms with Gasteiger partial charge in [0.15, 0.2) is 12.5 Å². The number of carbonyl (C=O) groups is 1. The zero-order valence-corrected chi connectivity index (χ0v) is 20.2. The molecule has 4 aliphatic carbocycles. The third-order valence-corrected chi connectivity index (χ3v) is 7.98. The van der Waals surface area contributed by atoms with Gasteiger partial charge in [-0.3, -0.25) is 4.79 Å². The van der Waals surface area contributed by atoms with E-state index in [2.05, 4.69) is 20.6 Å². The molecule has 8 nitrogen and oxygen atoms in total. The molecule has 7 rings (SSSR count). The molecule has 1 atom stereocenters. The van der Waals surface area contributed by atoms with Gasteiger partial charge in [-0.25, -0.2) is 18.7 Å².